The molecule has 250 valence electrons. The zero-order valence-corrected chi connectivity index (χ0v) is 25.0. The molecule has 2 saturated heterocycles. The van der Waals surface area contributed by atoms with Crippen molar-refractivity contribution in [3.63, 3.8) is 0 Å². The third kappa shape index (κ3) is 13.6. The molecule has 0 unspecified atom stereocenters. The van der Waals surface area contributed by atoms with Crippen LogP contribution in [0.4, 0.5) is 0 Å². The van der Waals surface area contributed by atoms with Crippen LogP contribution in [0.1, 0.15) is 0 Å². The molecule has 42 heavy (non-hydrogen) atoms. The van der Waals surface area contributed by atoms with E-state index in [2.05, 4.69) is 0 Å². The predicted molar refractivity (Wildman–Crippen MR) is 148 cm³/mol. The summed E-state index contributed by atoms with van der Waals surface area (Å²) in [5.74, 6) is 1.59. The Morgan fingerprint density at radius 1 is 0.429 bits per heavy atom. The fraction of sp³-hybridized carbons (Fsp3) is 1.00. The average molecular weight is 655 g/mol. The monoisotopic (exact) mass is 654 g/mol. The van der Waals surface area contributed by atoms with E-state index in [9.17, 15) is 30.6 Å². The zero-order valence-electron chi connectivity index (χ0n) is 23.3. The Labute approximate surface area is 252 Å². The maximum absolute atomic E-state index is 9.89. The van der Waals surface area contributed by atoms with Crippen molar-refractivity contribution in [2.75, 3.05) is 90.8 Å². The fourth-order valence-electron chi connectivity index (χ4n) is 3.80. The van der Waals surface area contributed by atoms with Crippen LogP contribution in [-0.4, -0.2) is 193 Å². The van der Waals surface area contributed by atoms with Gasteiger partial charge in [-0.2, -0.15) is 0 Å². The molecule has 2 fully saturated rings. The maximum Gasteiger partial charge on any atom is 0.186 e. The highest BCUT2D eigenvalue weighted by atomic mass is 33.1. The highest BCUT2D eigenvalue weighted by molar-refractivity contribution is 8.76. The standard InChI is InChI=1S/C24H46O16S2/c25-13-15-17(27)19(29)21(31)23(39-15)37-7-5-33-1-3-35-9-11-41-42-12-10-36-4-2-34-6-8-38-24-22(32)20(30)18(28)16(14-26)40-24/h15-32H,1-14H2/t15-,16-,17+,18+,19+,20+,21-,22-,23+,24+/m1/s1. The quantitative estimate of drug-likeness (QED) is 0.0388. The zero-order chi connectivity index (χ0) is 30.7. The summed E-state index contributed by atoms with van der Waals surface area (Å²) in [6.45, 7) is 2.20. The molecule has 10 atom stereocenters. The average Bonchev–Trinajstić information content (AvgIpc) is 2.99. The summed E-state index contributed by atoms with van der Waals surface area (Å²) in [5, 5.41) is 77.0. The lowest BCUT2D eigenvalue weighted by Gasteiger charge is -2.39. The van der Waals surface area contributed by atoms with Gasteiger partial charge in [0.15, 0.2) is 12.6 Å². The minimum Gasteiger partial charge on any atom is -0.394 e. The van der Waals surface area contributed by atoms with Gasteiger partial charge in [0, 0.05) is 11.5 Å². The van der Waals surface area contributed by atoms with Crippen molar-refractivity contribution >= 4 is 21.6 Å². The van der Waals surface area contributed by atoms with Crippen LogP contribution in [0.3, 0.4) is 0 Å². The number of ether oxygens (including phenoxy) is 8. The van der Waals surface area contributed by atoms with Gasteiger partial charge in [0.2, 0.25) is 0 Å². The number of aliphatic hydroxyl groups excluding tert-OH is 8. The molecular weight excluding hydrogens is 608 g/mol. The maximum atomic E-state index is 9.89. The van der Waals surface area contributed by atoms with Crippen LogP contribution in [0.2, 0.25) is 0 Å². The molecule has 0 spiro atoms. The molecule has 2 rings (SSSR count). The minimum atomic E-state index is -1.48. The summed E-state index contributed by atoms with van der Waals surface area (Å²) in [6.07, 6.45) is -13.0. The van der Waals surface area contributed by atoms with E-state index < -0.39 is 74.6 Å². The van der Waals surface area contributed by atoms with Crippen LogP contribution >= 0.6 is 21.6 Å². The minimum absolute atomic E-state index is 0.0866. The Balaban J connectivity index is 1.30. The van der Waals surface area contributed by atoms with Gasteiger partial charge in [-0.3, -0.25) is 0 Å². The first-order valence-corrected chi connectivity index (χ1v) is 16.2. The first-order chi connectivity index (χ1) is 20.3. The molecule has 0 aromatic carbocycles. The molecule has 0 amide bonds. The summed E-state index contributed by atoms with van der Waals surface area (Å²) < 4.78 is 42.9. The third-order valence-corrected chi connectivity index (χ3v) is 8.50. The Morgan fingerprint density at radius 3 is 1.12 bits per heavy atom. The lowest BCUT2D eigenvalue weighted by molar-refractivity contribution is -0.302. The van der Waals surface area contributed by atoms with Gasteiger partial charge in [0.25, 0.3) is 0 Å². The molecule has 18 heteroatoms. The molecule has 0 aliphatic carbocycles. The first-order valence-electron chi connectivity index (χ1n) is 13.7. The van der Waals surface area contributed by atoms with Crippen LogP contribution in [0.25, 0.3) is 0 Å². The highest BCUT2D eigenvalue weighted by Crippen LogP contribution is 2.23. The first kappa shape index (κ1) is 38.2. The molecule has 8 N–H and O–H groups in total. The summed E-state index contributed by atoms with van der Waals surface area (Å²) in [6, 6.07) is 0. The molecule has 0 aromatic rings. The van der Waals surface area contributed by atoms with Gasteiger partial charge in [-0.15, -0.1) is 0 Å². The normalized spacial score (nSPS) is 33.7. The highest BCUT2D eigenvalue weighted by Gasteiger charge is 2.45. The van der Waals surface area contributed by atoms with E-state index in [0.717, 1.165) is 11.5 Å². The van der Waals surface area contributed by atoms with Gasteiger partial charge in [-0.25, -0.2) is 0 Å². The van der Waals surface area contributed by atoms with Gasteiger partial charge in [0.1, 0.15) is 48.8 Å². The second-order valence-electron chi connectivity index (χ2n) is 9.23. The van der Waals surface area contributed by atoms with Crippen molar-refractivity contribution < 1.29 is 78.7 Å². The van der Waals surface area contributed by atoms with Gasteiger partial charge in [-0.1, -0.05) is 21.6 Å². The largest absolute Gasteiger partial charge is 0.394 e. The van der Waals surface area contributed by atoms with E-state index in [1.807, 2.05) is 0 Å². The lowest BCUT2D eigenvalue weighted by Crippen LogP contribution is -2.59. The van der Waals surface area contributed by atoms with Crippen LogP contribution in [0.5, 0.6) is 0 Å². The lowest BCUT2D eigenvalue weighted by atomic mass is 9.99. The number of hydrogen-bond donors (Lipinski definition) is 8. The summed E-state index contributed by atoms with van der Waals surface area (Å²) in [5.41, 5.74) is 0. The van der Waals surface area contributed by atoms with Gasteiger partial charge >= 0.3 is 0 Å². The molecule has 0 radical (unpaired) electrons. The fourth-order valence-corrected chi connectivity index (χ4v) is 5.53. The van der Waals surface area contributed by atoms with E-state index in [0.29, 0.717) is 39.6 Å². The summed E-state index contributed by atoms with van der Waals surface area (Å²) in [7, 11) is 3.32. The molecule has 16 nitrogen and oxygen atoms in total. The number of hydrogen-bond acceptors (Lipinski definition) is 18. The molecule has 2 heterocycles. The molecule has 0 saturated carbocycles. The Kier molecular flexibility index (Phi) is 20.5. The van der Waals surface area contributed by atoms with Crippen LogP contribution < -0.4 is 0 Å². The summed E-state index contributed by atoms with van der Waals surface area (Å²) >= 11 is 0. The molecule has 0 aromatic heterocycles. The van der Waals surface area contributed by atoms with Crippen LogP contribution in [-0.2, 0) is 37.9 Å². The van der Waals surface area contributed by atoms with Gasteiger partial charge < -0.3 is 78.7 Å². The molecule has 2 aliphatic rings. The van der Waals surface area contributed by atoms with E-state index in [1.54, 1.807) is 21.6 Å². The second kappa shape index (κ2) is 22.5. The van der Waals surface area contributed by atoms with E-state index in [4.69, 9.17) is 48.1 Å². The molecule has 2 aliphatic heterocycles. The Morgan fingerprint density at radius 2 is 0.762 bits per heavy atom. The van der Waals surface area contributed by atoms with Crippen molar-refractivity contribution in [1.29, 1.82) is 0 Å². The van der Waals surface area contributed by atoms with Crippen molar-refractivity contribution in [3.05, 3.63) is 0 Å². The summed E-state index contributed by atoms with van der Waals surface area (Å²) in [4.78, 5) is 0. The second-order valence-corrected chi connectivity index (χ2v) is 11.9. The van der Waals surface area contributed by atoms with Crippen LogP contribution in [0.15, 0.2) is 0 Å². The number of aliphatic hydroxyl groups is 8. The van der Waals surface area contributed by atoms with Crippen molar-refractivity contribution in [3.8, 4) is 0 Å². The van der Waals surface area contributed by atoms with Crippen molar-refractivity contribution in [2.45, 2.75) is 61.4 Å². The predicted octanol–water partition coefficient (Wildman–Crippen LogP) is -3.93. The smallest absolute Gasteiger partial charge is 0.186 e. The van der Waals surface area contributed by atoms with E-state index in [-0.39, 0.29) is 26.4 Å². The third-order valence-electron chi connectivity index (χ3n) is 6.17. The number of rotatable bonds is 23. The van der Waals surface area contributed by atoms with E-state index >= 15 is 0 Å². The van der Waals surface area contributed by atoms with Gasteiger partial charge in [0.05, 0.1) is 79.3 Å². The SMILES string of the molecule is OC[C@H]1O[C@H](OCCOCCOCCSSCCOCCOCCO[C@H]2O[C@H](CO)[C@H](O)[C@H](O)[C@H]2O)[C@H](O)[C@@H](O)[C@H]1O. The van der Waals surface area contributed by atoms with E-state index in [1.165, 1.54) is 0 Å². The topological polar surface area (TPSA) is 236 Å². The Bertz CT molecular complexity index is 614. The molecule has 0 bridgehead atoms. The van der Waals surface area contributed by atoms with Crippen LogP contribution in [0, 0.1) is 0 Å². The van der Waals surface area contributed by atoms with Crippen molar-refractivity contribution in [1.82, 2.24) is 0 Å². The Hall–Kier alpha value is 0.0600. The van der Waals surface area contributed by atoms with Gasteiger partial charge in [-0.05, 0) is 0 Å². The van der Waals surface area contributed by atoms with Crippen molar-refractivity contribution in [2.24, 2.45) is 0 Å². The molecular formula is C24H46O16S2.